The molecule has 0 aliphatic heterocycles. The van der Waals surface area contributed by atoms with Gasteiger partial charge in [-0.1, -0.05) is 62.8 Å². The smallest absolute Gasteiger partial charge is 0.00278 e. The molecule has 1 nitrogen and oxygen atoms in total. The lowest BCUT2D eigenvalue weighted by Crippen LogP contribution is -2.06. The van der Waals surface area contributed by atoms with Gasteiger partial charge in [0, 0.05) is 7.05 Å². The van der Waals surface area contributed by atoms with E-state index in [-0.39, 0.29) is 0 Å². The Morgan fingerprint density at radius 3 is 2.48 bits per heavy atom. The van der Waals surface area contributed by atoms with Gasteiger partial charge in [-0.15, -0.1) is 0 Å². The molecule has 0 unspecified atom stereocenters. The van der Waals surface area contributed by atoms with Gasteiger partial charge in [-0.3, -0.25) is 0 Å². The van der Waals surface area contributed by atoms with Crippen LogP contribution in [-0.4, -0.2) is 7.05 Å². The Kier molecular flexibility index (Phi) is 5.86. The summed E-state index contributed by atoms with van der Waals surface area (Å²) in [4.78, 5) is 0. The minimum Gasteiger partial charge on any atom is -0.394 e. The molecule has 1 N–H and O–H groups in total. The maximum atomic E-state index is 4.29. The summed E-state index contributed by atoms with van der Waals surface area (Å²) in [6.45, 7) is 6.52. The van der Waals surface area contributed by atoms with Crippen molar-refractivity contribution in [3.05, 3.63) is 65.9 Å². The minimum atomic E-state index is 0.699. The summed E-state index contributed by atoms with van der Waals surface area (Å²) in [7, 11) is 1.98. The van der Waals surface area contributed by atoms with E-state index in [0.717, 1.165) is 12.0 Å². The molecular weight excluding hydrogens is 254 g/mol. The van der Waals surface area contributed by atoms with Crippen molar-refractivity contribution in [2.24, 2.45) is 5.92 Å². The zero-order valence-corrected chi connectivity index (χ0v) is 13.4. The van der Waals surface area contributed by atoms with Crippen molar-refractivity contribution in [3.63, 3.8) is 0 Å². The standard InChI is InChI=1S/C20H27N/c1-4-17(15-21-3)20(19-12-8-9-13-19)14-16(2)18-10-6-5-7-11-18/h5-7,10-11,14-15,19,21H,2,4,8-9,12-13H2,1,3H3/b17-15-,20-14+. The lowest BCUT2D eigenvalue weighted by atomic mass is 9.87. The summed E-state index contributed by atoms with van der Waals surface area (Å²) in [5.41, 5.74) is 5.24. The highest BCUT2D eigenvalue weighted by Crippen LogP contribution is 2.37. The van der Waals surface area contributed by atoms with Crippen LogP contribution in [0, 0.1) is 5.92 Å². The van der Waals surface area contributed by atoms with Crippen molar-refractivity contribution in [1.82, 2.24) is 5.32 Å². The van der Waals surface area contributed by atoms with Crippen molar-refractivity contribution < 1.29 is 0 Å². The number of allylic oxidation sites excluding steroid dienone is 4. The van der Waals surface area contributed by atoms with Crippen molar-refractivity contribution in [2.45, 2.75) is 39.0 Å². The van der Waals surface area contributed by atoms with E-state index in [4.69, 9.17) is 0 Å². The molecule has 0 spiro atoms. The maximum absolute atomic E-state index is 4.29. The molecule has 1 aliphatic rings. The van der Waals surface area contributed by atoms with Crippen LogP contribution in [0.25, 0.3) is 5.57 Å². The summed E-state index contributed by atoms with van der Waals surface area (Å²) in [5, 5.41) is 3.20. The highest BCUT2D eigenvalue weighted by Gasteiger charge is 2.21. The maximum Gasteiger partial charge on any atom is 0.00278 e. The molecule has 1 saturated carbocycles. The molecule has 0 saturated heterocycles. The molecule has 1 heteroatoms. The van der Waals surface area contributed by atoms with Crippen LogP contribution in [0.1, 0.15) is 44.6 Å². The van der Waals surface area contributed by atoms with E-state index in [1.54, 1.807) is 0 Å². The lowest BCUT2D eigenvalue weighted by Gasteiger charge is -2.18. The fourth-order valence-corrected chi connectivity index (χ4v) is 3.20. The Morgan fingerprint density at radius 1 is 1.24 bits per heavy atom. The van der Waals surface area contributed by atoms with Crippen molar-refractivity contribution in [3.8, 4) is 0 Å². The third-order valence-corrected chi connectivity index (χ3v) is 4.34. The molecule has 1 fully saturated rings. The monoisotopic (exact) mass is 281 g/mol. The molecule has 0 atom stereocenters. The van der Waals surface area contributed by atoms with E-state index < -0.39 is 0 Å². The van der Waals surface area contributed by atoms with E-state index in [9.17, 15) is 0 Å². The van der Waals surface area contributed by atoms with E-state index >= 15 is 0 Å². The second kappa shape index (κ2) is 7.87. The van der Waals surface area contributed by atoms with Crippen molar-refractivity contribution >= 4 is 5.57 Å². The third-order valence-electron chi connectivity index (χ3n) is 4.34. The van der Waals surface area contributed by atoms with Gasteiger partial charge in [0.25, 0.3) is 0 Å². The molecule has 0 radical (unpaired) electrons. The fraction of sp³-hybridized carbons (Fsp3) is 0.400. The largest absolute Gasteiger partial charge is 0.394 e. The molecule has 0 bridgehead atoms. The first-order valence-electron chi connectivity index (χ1n) is 8.08. The van der Waals surface area contributed by atoms with Crippen LogP contribution >= 0.6 is 0 Å². The van der Waals surface area contributed by atoms with Gasteiger partial charge in [0.1, 0.15) is 0 Å². The molecule has 1 aromatic carbocycles. The molecular formula is C20H27N. The van der Waals surface area contributed by atoms with Crippen LogP contribution < -0.4 is 5.32 Å². The zero-order valence-electron chi connectivity index (χ0n) is 13.4. The molecule has 21 heavy (non-hydrogen) atoms. The van der Waals surface area contributed by atoms with Crippen LogP contribution in [0.3, 0.4) is 0 Å². The molecule has 112 valence electrons. The Balaban J connectivity index is 2.32. The summed E-state index contributed by atoms with van der Waals surface area (Å²) in [5.74, 6) is 0.699. The van der Waals surface area contributed by atoms with Crippen LogP contribution in [0.5, 0.6) is 0 Å². The van der Waals surface area contributed by atoms with Crippen LogP contribution in [-0.2, 0) is 0 Å². The van der Waals surface area contributed by atoms with Gasteiger partial charge in [-0.25, -0.2) is 0 Å². The van der Waals surface area contributed by atoms with Crippen LogP contribution in [0.2, 0.25) is 0 Å². The van der Waals surface area contributed by atoms with E-state index in [1.807, 2.05) is 7.05 Å². The van der Waals surface area contributed by atoms with Gasteiger partial charge >= 0.3 is 0 Å². The van der Waals surface area contributed by atoms with E-state index in [2.05, 4.69) is 61.4 Å². The fourth-order valence-electron chi connectivity index (χ4n) is 3.20. The lowest BCUT2D eigenvalue weighted by molar-refractivity contribution is 0.643. The number of hydrogen-bond acceptors (Lipinski definition) is 1. The molecule has 0 heterocycles. The normalized spacial score (nSPS) is 17.0. The SMILES string of the molecule is C=C(/C=C(\C(=C/NC)CC)C1CCCC1)c1ccccc1. The Labute approximate surface area is 129 Å². The summed E-state index contributed by atoms with van der Waals surface area (Å²) >= 11 is 0. The average molecular weight is 281 g/mol. The van der Waals surface area contributed by atoms with Crippen LogP contribution in [0.15, 0.2) is 60.3 Å². The van der Waals surface area contributed by atoms with Crippen molar-refractivity contribution in [1.29, 1.82) is 0 Å². The topological polar surface area (TPSA) is 12.0 Å². The van der Waals surface area contributed by atoms with E-state index in [0.29, 0.717) is 5.92 Å². The minimum absolute atomic E-state index is 0.699. The highest BCUT2D eigenvalue weighted by molar-refractivity contribution is 5.73. The quantitative estimate of drug-likeness (QED) is 0.695. The Morgan fingerprint density at radius 2 is 1.90 bits per heavy atom. The summed E-state index contributed by atoms with van der Waals surface area (Å²) < 4.78 is 0. The predicted molar refractivity (Wildman–Crippen MR) is 93.0 cm³/mol. The molecule has 0 amide bonds. The van der Waals surface area contributed by atoms with Crippen LogP contribution in [0.4, 0.5) is 0 Å². The second-order valence-electron chi connectivity index (χ2n) is 5.78. The Hall–Kier alpha value is -1.76. The number of benzene rings is 1. The summed E-state index contributed by atoms with van der Waals surface area (Å²) in [6, 6.07) is 10.5. The predicted octanol–water partition coefficient (Wildman–Crippen LogP) is 5.33. The summed E-state index contributed by atoms with van der Waals surface area (Å²) in [6.07, 6.45) is 10.9. The molecule has 1 aliphatic carbocycles. The van der Waals surface area contributed by atoms with Gasteiger partial charge in [-0.2, -0.15) is 0 Å². The van der Waals surface area contributed by atoms with Gasteiger partial charge in [0.2, 0.25) is 0 Å². The van der Waals surface area contributed by atoms with E-state index in [1.165, 1.54) is 42.4 Å². The van der Waals surface area contributed by atoms with Gasteiger partial charge in [0.15, 0.2) is 0 Å². The third kappa shape index (κ3) is 4.10. The molecule has 2 rings (SSSR count). The number of hydrogen-bond donors (Lipinski definition) is 1. The molecule has 0 aromatic heterocycles. The second-order valence-corrected chi connectivity index (χ2v) is 5.78. The first-order chi connectivity index (χ1) is 10.3. The zero-order chi connectivity index (χ0) is 15.1. The van der Waals surface area contributed by atoms with Gasteiger partial charge in [-0.05, 0) is 53.7 Å². The first-order valence-corrected chi connectivity index (χ1v) is 8.08. The molecule has 1 aromatic rings. The highest BCUT2D eigenvalue weighted by atomic mass is 14.8. The average Bonchev–Trinajstić information content (AvgIpc) is 3.05. The van der Waals surface area contributed by atoms with Crippen molar-refractivity contribution in [2.75, 3.05) is 7.05 Å². The van der Waals surface area contributed by atoms with Gasteiger partial charge in [0.05, 0.1) is 0 Å². The number of nitrogens with one attached hydrogen (secondary N) is 1. The first kappa shape index (κ1) is 15.6. The van der Waals surface area contributed by atoms with Gasteiger partial charge < -0.3 is 5.32 Å². The Bertz CT molecular complexity index is 516. The number of rotatable bonds is 6.